The van der Waals surface area contributed by atoms with Gasteiger partial charge in [-0.1, -0.05) is 368 Å². The Morgan fingerprint density at radius 2 is 0.514 bits per heavy atom. The molecule has 0 radical (unpaired) electrons. The standard InChI is InChI=1S/C96H155NO8/c1-6-8-10-12-14-16-18-20-22-24-26-28-30-32-34-36-38-40-42-44-46-47-49-50-52-54-56-58-60-62-64-66-68-70-72-74-76-78-80-82-84-86-93(98)103-90-92(91-104-96(95(100)101)102-89-88-97(3,4)5)105-94(99)87-85-83-81-79-77-75-73-71-69-67-65-63-61-59-57-55-53-51-48-45-43-41-39-37-35-33-31-29-27-25-23-21-19-17-15-13-11-9-7-2/h8-11,14-17,20-23,26-29,32-35,38-41,44-46,48,53,55,59,61,65,67,92,96H,6-7,12-13,18-19,24-25,30-31,36-37,42-43,47,49-52,54,56-58,60,62-64,66,68-91H2,1-5H3/b10-8-,11-9-,16-14-,17-15-,22-20-,23-21-,28-26-,29-27-,34-32-,35-33-,40-38-,41-39-,46-44-,48-45-,55-53-,61-59-,67-65-. The summed E-state index contributed by atoms with van der Waals surface area (Å²) in [6, 6.07) is 0. The first-order chi connectivity index (χ1) is 51.6. The molecule has 0 aromatic rings. The van der Waals surface area contributed by atoms with Gasteiger partial charge in [-0.15, -0.1) is 0 Å². The van der Waals surface area contributed by atoms with E-state index < -0.39 is 24.3 Å². The molecule has 0 spiro atoms. The zero-order valence-corrected chi connectivity index (χ0v) is 67.8. The summed E-state index contributed by atoms with van der Waals surface area (Å²) in [5.74, 6) is -2.30. The Bertz CT molecular complexity index is 2500. The summed E-state index contributed by atoms with van der Waals surface area (Å²) < 4.78 is 22.9. The molecule has 2 atom stereocenters. The SMILES string of the molecule is CC/C=C\C/C=C\C/C=C\C/C=C\C/C=C\C/C=C\C/C=C\C/C=C\C/C=C\C/C=C\CCCCCCCCCCC(=O)OC(COC(=O)CCCCCCCCCCCCCCCCCCCCC/C=C\C/C=C\C/C=C\C/C=C\C/C=C\C/C=C\C/C=C\CC)COC(OCC[N+](C)(C)C)C(=O)[O-]. The lowest BCUT2D eigenvalue weighted by molar-refractivity contribution is -0.870. The fraction of sp³-hybridized carbons (Fsp3) is 0.615. The van der Waals surface area contributed by atoms with Crippen LogP contribution in [0.3, 0.4) is 0 Å². The number of allylic oxidation sites excluding steroid dienone is 34. The number of unbranched alkanes of at least 4 members (excludes halogenated alkanes) is 27. The molecule has 0 heterocycles. The third kappa shape index (κ3) is 85.0. The highest BCUT2D eigenvalue weighted by Gasteiger charge is 2.22. The van der Waals surface area contributed by atoms with Gasteiger partial charge in [-0.05, 0) is 148 Å². The van der Waals surface area contributed by atoms with Crippen LogP contribution in [-0.4, -0.2) is 82.3 Å². The van der Waals surface area contributed by atoms with Gasteiger partial charge in [0.1, 0.15) is 13.2 Å². The van der Waals surface area contributed by atoms with Crippen molar-refractivity contribution in [3.8, 4) is 0 Å². The maximum atomic E-state index is 13.0. The van der Waals surface area contributed by atoms with Crippen molar-refractivity contribution in [2.45, 2.75) is 334 Å². The Morgan fingerprint density at radius 3 is 0.762 bits per heavy atom. The number of quaternary nitrogens is 1. The molecule has 0 saturated carbocycles. The van der Waals surface area contributed by atoms with E-state index in [1.165, 1.54) is 135 Å². The normalized spacial score (nSPS) is 13.7. The highest BCUT2D eigenvalue weighted by molar-refractivity contribution is 5.70. The number of esters is 2. The summed E-state index contributed by atoms with van der Waals surface area (Å²) in [6.07, 6.45) is 127. The topological polar surface area (TPSA) is 111 Å². The number of carboxylic acids is 1. The largest absolute Gasteiger partial charge is 0.545 e. The van der Waals surface area contributed by atoms with Crippen LogP contribution in [0.5, 0.6) is 0 Å². The van der Waals surface area contributed by atoms with Gasteiger partial charge < -0.3 is 33.3 Å². The van der Waals surface area contributed by atoms with Crippen molar-refractivity contribution in [1.82, 2.24) is 0 Å². The lowest BCUT2D eigenvalue weighted by Crippen LogP contribution is -2.44. The molecular formula is C96H155NO8. The molecule has 0 fully saturated rings. The van der Waals surface area contributed by atoms with E-state index in [-0.39, 0.29) is 38.6 Å². The van der Waals surface area contributed by atoms with Crippen molar-refractivity contribution in [3.63, 3.8) is 0 Å². The summed E-state index contributed by atoms with van der Waals surface area (Å²) in [5.41, 5.74) is 0. The summed E-state index contributed by atoms with van der Waals surface area (Å²) in [7, 11) is 5.93. The van der Waals surface area contributed by atoms with E-state index in [9.17, 15) is 19.5 Å². The number of carbonyl (C=O) groups excluding carboxylic acids is 3. The maximum absolute atomic E-state index is 13.0. The fourth-order valence-corrected chi connectivity index (χ4v) is 11.2. The maximum Gasteiger partial charge on any atom is 0.306 e. The average Bonchev–Trinajstić information content (AvgIpc) is 1.97. The highest BCUT2D eigenvalue weighted by Crippen LogP contribution is 2.18. The third-order valence-electron chi connectivity index (χ3n) is 17.5. The molecule has 0 aliphatic heterocycles. The first-order valence-electron chi connectivity index (χ1n) is 42.2. The Kier molecular flexibility index (Phi) is 78.6. The van der Waals surface area contributed by atoms with Crippen LogP contribution in [0.15, 0.2) is 207 Å². The van der Waals surface area contributed by atoms with Crippen LogP contribution in [0, 0.1) is 0 Å². The Morgan fingerprint density at radius 1 is 0.286 bits per heavy atom. The van der Waals surface area contributed by atoms with Gasteiger partial charge >= 0.3 is 11.9 Å². The van der Waals surface area contributed by atoms with Gasteiger partial charge in [0.25, 0.3) is 0 Å². The fourth-order valence-electron chi connectivity index (χ4n) is 11.2. The van der Waals surface area contributed by atoms with Crippen molar-refractivity contribution in [1.29, 1.82) is 0 Å². The zero-order valence-electron chi connectivity index (χ0n) is 67.8. The van der Waals surface area contributed by atoms with Crippen LogP contribution in [0.2, 0.25) is 0 Å². The molecule has 0 amide bonds. The van der Waals surface area contributed by atoms with E-state index >= 15 is 0 Å². The zero-order chi connectivity index (χ0) is 76.0. The van der Waals surface area contributed by atoms with Crippen LogP contribution >= 0.6 is 0 Å². The van der Waals surface area contributed by atoms with Crippen LogP contribution in [0.4, 0.5) is 0 Å². The second-order valence-electron chi connectivity index (χ2n) is 28.7. The van der Waals surface area contributed by atoms with E-state index in [1.807, 2.05) is 21.1 Å². The minimum Gasteiger partial charge on any atom is -0.545 e. The second-order valence-corrected chi connectivity index (χ2v) is 28.7. The lowest BCUT2D eigenvalue weighted by atomic mass is 10.0. The molecule has 0 aromatic carbocycles. The molecule has 0 N–H and O–H groups in total. The second kappa shape index (κ2) is 83.5. The first-order valence-corrected chi connectivity index (χ1v) is 42.2. The van der Waals surface area contributed by atoms with Crippen LogP contribution < -0.4 is 5.11 Å². The minimum atomic E-state index is -1.64. The van der Waals surface area contributed by atoms with Crippen molar-refractivity contribution in [2.75, 3.05) is 47.5 Å². The number of carboxylic acid groups (broad SMARTS) is 1. The van der Waals surface area contributed by atoms with Gasteiger partial charge in [0, 0.05) is 12.8 Å². The molecule has 0 aromatic heterocycles. The predicted octanol–water partition coefficient (Wildman–Crippen LogP) is 26.5. The monoisotopic (exact) mass is 1450 g/mol. The molecule has 0 aliphatic carbocycles. The van der Waals surface area contributed by atoms with Gasteiger partial charge in [0.2, 0.25) is 0 Å². The van der Waals surface area contributed by atoms with Gasteiger partial charge in [-0.2, -0.15) is 0 Å². The number of likely N-dealkylation sites (N-methyl/N-ethyl adjacent to an activating group) is 1. The van der Waals surface area contributed by atoms with E-state index in [4.69, 9.17) is 18.9 Å². The molecule has 9 heteroatoms. The number of carbonyl (C=O) groups is 3. The lowest BCUT2D eigenvalue weighted by Gasteiger charge is -2.26. The third-order valence-corrected chi connectivity index (χ3v) is 17.5. The first kappa shape index (κ1) is 98.9. The molecule has 9 nitrogen and oxygen atoms in total. The average molecular weight is 1450 g/mol. The molecule has 105 heavy (non-hydrogen) atoms. The predicted molar refractivity (Wildman–Crippen MR) is 453 cm³/mol. The van der Waals surface area contributed by atoms with Crippen LogP contribution in [0.1, 0.15) is 322 Å². The molecule has 0 aliphatic rings. The van der Waals surface area contributed by atoms with Crippen molar-refractivity contribution < 1.29 is 42.9 Å². The number of hydrogen-bond donors (Lipinski definition) is 0. The van der Waals surface area contributed by atoms with Gasteiger partial charge in [0.05, 0.1) is 40.3 Å². The summed E-state index contributed by atoms with van der Waals surface area (Å²) in [5, 5.41) is 11.9. The van der Waals surface area contributed by atoms with E-state index in [0.717, 1.165) is 154 Å². The minimum absolute atomic E-state index is 0.138. The van der Waals surface area contributed by atoms with E-state index in [1.54, 1.807) is 0 Å². The Balaban J connectivity index is 4.08. The van der Waals surface area contributed by atoms with E-state index in [2.05, 4.69) is 220 Å². The summed E-state index contributed by atoms with van der Waals surface area (Å²) in [4.78, 5) is 37.7. The molecule has 592 valence electrons. The molecule has 2 unspecified atom stereocenters. The highest BCUT2D eigenvalue weighted by atomic mass is 16.7. The van der Waals surface area contributed by atoms with Gasteiger partial charge in [-0.25, -0.2) is 0 Å². The van der Waals surface area contributed by atoms with Crippen LogP contribution in [0.25, 0.3) is 0 Å². The smallest absolute Gasteiger partial charge is 0.306 e. The summed E-state index contributed by atoms with van der Waals surface area (Å²) in [6.45, 7) is 4.51. The molecule has 0 saturated heterocycles. The molecule has 0 bridgehead atoms. The number of rotatable bonds is 76. The number of aliphatic carboxylic acids is 1. The van der Waals surface area contributed by atoms with Crippen molar-refractivity contribution in [2.24, 2.45) is 0 Å². The van der Waals surface area contributed by atoms with Gasteiger partial charge in [-0.3, -0.25) is 9.59 Å². The number of hydrogen-bond acceptors (Lipinski definition) is 8. The van der Waals surface area contributed by atoms with Gasteiger partial charge in [0.15, 0.2) is 12.4 Å². The van der Waals surface area contributed by atoms with E-state index in [0.29, 0.717) is 17.4 Å². The van der Waals surface area contributed by atoms with Crippen molar-refractivity contribution in [3.05, 3.63) is 207 Å². The Hall–Kier alpha value is -6.13. The van der Waals surface area contributed by atoms with Crippen molar-refractivity contribution >= 4 is 17.9 Å². The van der Waals surface area contributed by atoms with Crippen LogP contribution in [-0.2, 0) is 33.3 Å². The summed E-state index contributed by atoms with van der Waals surface area (Å²) >= 11 is 0. The molecule has 0 rings (SSSR count). The number of ether oxygens (including phenoxy) is 4. The molecular weight excluding hydrogens is 1300 g/mol. The quantitative estimate of drug-likeness (QED) is 0.0195. The number of nitrogens with zero attached hydrogens (tertiary/aromatic N) is 1. The Labute approximate surface area is 645 Å².